The predicted molar refractivity (Wildman–Crippen MR) is 82.3 cm³/mol. The molecule has 120 valence electrons. The van der Waals surface area contributed by atoms with Crippen LogP contribution in [0.5, 0.6) is 5.75 Å². The maximum absolute atomic E-state index is 12.5. The standard InChI is InChI=1S/C15H20N2O4S/c1-10-4-2-3-5-12(10)17-22(19,20)11-6-7-14-13(8-11)16-15(18)9-21-14/h6-8,10,12,17H,2-5,9H2,1H3,(H,16,18)/t10-,12-/m1/s1. The van der Waals surface area contributed by atoms with Crippen molar-refractivity contribution in [3.63, 3.8) is 0 Å². The highest BCUT2D eigenvalue weighted by Crippen LogP contribution is 2.31. The van der Waals surface area contributed by atoms with E-state index in [4.69, 9.17) is 4.74 Å². The number of anilines is 1. The third-order valence-electron chi connectivity index (χ3n) is 4.31. The number of carbonyl (C=O) groups excluding carboxylic acids is 1. The molecule has 2 atom stereocenters. The van der Waals surface area contributed by atoms with Crippen LogP contribution in [0.15, 0.2) is 23.1 Å². The number of fused-ring (bicyclic) bond motifs is 1. The summed E-state index contributed by atoms with van der Waals surface area (Å²) in [5.41, 5.74) is 0.399. The molecule has 0 spiro atoms. The molecule has 0 bridgehead atoms. The number of nitrogens with one attached hydrogen (secondary N) is 2. The van der Waals surface area contributed by atoms with Gasteiger partial charge in [-0.15, -0.1) is 0 Å². The molecule has 3 rings (SSSR count). The first kappa shape index (κ1) is 15.3. The zero-order valence-corrected chi connectivity index (χ0v) is 13.3. The Morgan fingerprint density at radius 2 is 2.05 bits per heavy atom. The van der Waals surface area contributed by atoms with E-state index in [0.29, 0.717) is 17.4 Å². The van der Waals surface area contributed by atoms with Crippen molar-refractivity contribution in [2.45, 2.75) is 43.5 Å². The van der Waals surface area contributed by atoms with Gasteiger partial charge in [0.25, 0.3) is 5.91 Å². The van der Waals surface area contributed by atoms with Crippen molar-refractivity contribution in [1.82, 2.24) is 4.72 Å². The van der Waals surface area contributed by atoms with Crippen LogP contribution in [0.3, 0.4) is 0 Å². The molecule has 7 heteroatoms. The molecule has 0 radical (unpaired) electrons. The van der Waals surface area contributed by atoms with Crippen molar-refractivity contribution in [2.75, 3.05) is 11.9 Å². The van der Waals surface area contributed by atoms with E-state index < -0.39 is 10.0 Å². The zero-order chi connectivity index (χ0) is 15.7. The first-order valence-corrected chi connectivity index (χ1v) is 9.03. The molecule has 1 fully saturated rings. The second-order valence-corrected chi connectivity index (χ2v) is 7.70. The normalized spacial score (nSPS) is 25.0. The minimum atomic E-state index is -3.60. The van der Waals surface area contributed by atoms with Gasteiger partial charge in [0.2, 0.25) is 10.0 Å². The Kier molecular flexibility index (Phi) is 4.10. The summed E-state index contributed by atoms with van der Waals surface area (Å²) in [6.07, 6.45) is 4.11. The van der Waals surface area contributed by atoms with Crippen molar-refractivity contribution in [2.24, 2.45) is 5.92 Å². The third kappa shape index (κ3) is 3.10. The van der Waals surface area contributed by atoms with Gasteiger partial charge in [0.1, 0.15) is 5.75 Å². The fraction of sp³-hybridized carbons (Fsp3) is 0.533. The second kappa shape index (κ2) is 5.89. The summed E-state index contributed by atoms with van der Waals surface area (Å²) in [5, 5.41) is 2.63. The molecule has 1 heterocycles. The Bertz CT molecular complexity index is 687. The largest absolute Gasteiger partial charge is 0.482 e. The molecule has 22 heavy (non-hydrogen) atoms. The van der Waals surface area contributed by atoms with Crippen LogP contribution >= 0.6 is 0 Å². The maximum Gasteiger partial charge on any atom is 0.262 e. The van der Waals surface area contributed by atoms with Gasteiger partial charge in [-0.2, -0.15) is 0 Å². The summed E-state index contributed by atoms with van der Waals surface area (Å²) < 4.78 is 33.1. The number of carbonyl (C=O) groups is 1. The van der Waals surface area contributed by atoms with E-state index in [1.807, 2.05) is 0 Å². The molecular weight excluding hydrogens is 304 g/mol. The summed E-state index contributed by atoms with van der Waals surface area (Å²) in [5.74, 6) is 0.546. The van der Waals surface area contributed by atoms with Gasteiger partial charge in [-0.3, -0.25) is 4.79 Å². The topological polar surface area (TPSA) is 84.5 Å². The number of amides is 1. The minimum Gasteiger partial charge on any atom is -0.482 e. The van der Waals surface area contributed by atoms with E-state index in [1.54, 1.807) is 6.07 Å². The lowest BCUT2D eigenvalue weighted by atomic mass is 9.87. The van der Waals surface area contributed by atoms with Crippen LogP contribution in [0.1, 0.15) is 32.6 Å². The smallest absolute Gasteiger partial charge is 0.262 e. The average molecular weight is 324 g/mol. The van der Waals surface area contributed by atoms with Crippen LogP contribution in [-0.4, -0.2) is 27.0 Å². The SMILES string of the molecule is C[C@@H]1CCCC[C@H]1NS(=O)(=O)c1ccc2c(c1)NC(=O)CO2. The van der Waals surface area contributed by atoms with Gasteiger partial charge < -0.3 is 10.1 Å². The van der Waals surface area contributed by atoms with Gasteiger partial charge in [0, 0.05) is 6.04 Å². The minimum absolute atomic E-state index is 0.0272. The van der Waals surface area contributed by atoms with Gasteiger partial charge in [-0.25, -0.2) is 13.1 Å². The first-order chi connectivity index (χ1) is 10.5. The number of hydrogen-bond donors (Lipinski definition) is 2. The summed E-state index contributed by atoms with van der Waals surface area (Å²) in [6.45, 7) is 2.03. The molecule has 1 aliphatic heterocycles. The third-order valence-corrected chi connectivity index (χ3v) is 5.80. The van der Waals surface area contributed by atoms with Crippen molar-refractivity contribution in [3.8, 4) is 5.75 Å². The first-order valence-electron chi connectivity index (χ1n) is 7.55. The highest BCUT2D eigenvalue weighted by molar-refractivity contribution is 7.89. The van der Waals surface area contributed by atoms with E-state index >= 15 is 0 Å². The van der Waals surface area contributed by atoms with Gasteiger partial charge in [-0.05, 0) is 37.0 Å². The van der Waals surface area contributed by atoms with Gasteiger partial charge in [0.15, 0.2) is 6.61 Å². The maximum atomic E-state index is 12.5. The molecule has 1 amide bonds. The molecule has 1 aromatic carbocycles. The van der Waals surface area contributed by atoms with Crippen LogP contribution < -0.4 is 14.8 Å². The van der Waals surface area contributed by atoms with Crippen LogP contribution in [0.2, 0.25) is 0 Å². The Morgan fingerprint density at radius 1 is 1.27 bits per heavy atom. The molecule has 2 N–H and O–H groups in total. The molecule has 1 aromatic rings. The highest BCUT2D eigenvalue weighted by atomic mass is 32.2. The van der Waals surface area contributed by atoms with Crippen molar-refractivity contribution in [3.05, 3.63) is 18.2 Å². The van der Waals surface area contributed by atoms with Gasteiger partial charge >= 0.3 is 0 Å². The van der Waals surface area contributed by atoms with Crippen LogP contribution in [0, 0.1) is 5.92 Å². The number of hydrogen-bond acceptors (Lipinski definition) is 4. The Labute approximate surface area is 130 Å². The molecule has 6 nitrogen and oxygen atoms in total. The average Bonchev–Trinajstić information content (AvgIpc) is 2.48. The fourth-order valence-corrected chi connectivity index (χ4v) is 4.39. The van der Waals surface area contributed by atoms with E-state index in [9.17, 15) is 13.2 Å². The lowest BCUT2D eigenvalue weighted by Crippen LogP contribution is -2.41. The summed E-state index contributed by atoms with van der Waals surface area (Å²) in [7, 11) is -3.60. The second-order valence-electron chi connectivity index (χ2n) is 5.98. The quantitative estimate of drug-likeness (QED) is 0.889. The lowest BCUT2D eigenvalue weighted by molar-refractivity contribution is -0.118. The molecule has 0 unspecified atom stereocenters. The van der Waals surface area contributed by atoms with E-state index in [0.717, 1.165) is 25.7 Å². The number of benzene rings is 1. The summed E-state index contributed by atoms with van der Waals surface area (Å²) >= 11 is 0. The Hall–Kier alpha value is -1.60. The van der Waals surface area contributed by atoms with E-state index in [-0.39, 0.29) is 23.5 Å². The van der Waals surface area contributed by atoms with Crippen molar-refractivity contribution < 1.29 is 17.9 Å². The number of rotatable bonds is 3. The van der Waals surface area contributed by atoms with E-state index in [1.165, 1.54) is 12.1 Å². The molecule has 1 saturated carbocycles. The Balaban J connectivity index is 1.83. The van der Waals surface area contributed by atoms with Crippen LogP contribution in [-0.2, 0) is 14.8 Å². The molecule has 0 saturated heterocycles. The lowest BCUT2D eigenvalue weighted by Gasteiger charge is -2.29. The molecular formula is C15H20N2O4S. The van der Waals surface area contributed by atoms with Gasteiger partial charge in [0.05, 0.1) is 10.6 Å². The number of sulfonamides is 1. The summed E-state index contributed by atoms with van der Waals surface area (Å²) in [4.78, 5) is 11.5. The van der Waals surface area contributed by atoms with Crippen LogP contribution in [0.4, 0.5) is 5.69 Å². The van der Waals surface area contributed by atoms with Crippen molar-refractivity contribution >= 4 is 21.6 Å². The monoisotopic (exact) mass is 324 g/mol. The molecule has 2 aliphatic rings. The number of ether oxygens (including phenoxy) is 1. The molecule has 0 aromatic heterocycles. The highest BCUT2D eigenvalue weighted by Gasteiger charge is 2.27. The van der Waals surface area contributed by atoms with E-state index in [2.05, 4.69) is 17.0 Å². The summed E-state index contributed by atoms with van der Waals surface area (Å²) in [6, 6.07) is 4.50. The zero-order valence-electron chi connectivity index (χ0n) is 12.5. The van der Waals surface area contributed by atoms with Gasteiger partial charge in [-0.1, -0.05) is 19.8 Å². The molecule has 1 aliphatic carbocycles. The van der Waals surface area contributed by atoms with Crippen LogP contribution in [0.25, 0.3) is 0 Å². The van der Waals surface area contributed by atoms with Crippen molar-refractivity contribution in [1.29, 1.82) is 0 Å². The fourth-order valence-electron chi connectivity index (χ4n) is 2.99. The predicted octanol–water partition coefficient (Wildman–Crippen LogP) is 1.87. The Morgan fingerprint density at radius 3 is 2.82 bits per heavy atom.